The lowest BCUT2D eigenvalue weighted by Gasteiger charge is -2.13. The Kier molecular flexibility index (Phi) is 4.76. The molecule has 0 atom stereocenters. The molecule has 0 saturated carbocycles. The number of rotatable bonds is 3. The first-order valence-corrected chi connectivity index (χ1v) is 9.74. The number of para-hydroxylation sites is 1. The zero-order valence-electron chi connectivity index (χ0n) is 14.3. The molecule has 1 aromatic heterocycles. The summed E-state index contributed by atoms with van der Waals surface area (Å²) in [6.45, 7) is 0.119. The summed E-state index contributed by atoms with van der Waals surface area (Å²) in [4.78, 5) is 26.8. The predicted octanol–water partition coefficient (Wildman–Crippen LogP) is 5.72. The number of carbonyl (C=O) groups is 2. The maximum Gasteiger partial charge on any atom is 0.293 e. The van der Waals surface area contributed by atoms with Gasteiger partial charge in [0.2, 0.25) is 0 Å². The number of benzene rings is 2. The summed E-state index contributed by atoms with van der Waals surface area (Å²) in [5.41, 5.74) is 2.65. The molecule has 2 aromatic carbocycles. The molecule has 1 saturated heterocycles. The Morgan fingerprint density at radius 1 is 1.11 bits per heavy atom. The van der Waals surface area contributed by atoms with E-state index in [1.54, 1.807) is 24.3 Å². The zero-order valence-corrected chi connectivity index (χ0v) is 16.6. The van der Waals surface area contributed by atoms with Gasteiger partial charge in [0.25, 0.3) is 11.1 Å². The number of hydrogen-bond acceptors (Lipinski definition) is 3. The van der Waals surface area contributed by atoms with Crippen LogP contribution in [0.2, 0.25) is 10.0 Å². The number of nitrogens with zero attached hydrogens (tertiary/aromatic N) is 2. The van der Waals surface area contributed by atoms with Gasteiger partial charge in [0.15, 0.2) is 0 Å². The maximum absolute atomic E-state index is 12.8. The van der Waals surface area contributed by atoms with Crippen LogP contribution < -0.4 is 0 Å². The van der Waals surface area contributed by atoms with E-state index in [9.17, 15) is 9.59 Å². The molecule has 0 spiro atoms. The number of imide groups is 1. The molecule has 27 heavy (non-hydrogen) atoms. The number of halogens is 2. The van der Waals surface area contributed by atoms with E-state index in [1.807, 2.05) is 42.1 Å². The second-order valence-corrected chi connectivity index (χ2v) is 8.05. The molecule has 2 heterocycles. The first-order valence-electron chi connectivity index (χ1n) is 8.17. The number of carbonyl (C=O) groups excluding carboxylic acids is 2. The Morgan fingerprint density at radius 3 is 2.67 bits per heavy atom. The van der Waals surface area contributed by atoms with Gasteiger partial charge in [-0.15, -0.1) is 0 Å². The highest BCUT2D eigenvalue weighted by Crippen LogP contribution is 2.35. The number of amides is 2. The van der Waals surface area contributed by atoms with Gasteiger partial charge >= 0.3 is 0 Å². The van der Waals surface area contributed by atoms with Crippen molar-refractivity contribution in [2.24, 2.45) is 7.05 Å². The molecule has 2 amide bonds. The van der Waals surface area contributed by atoms with Crippen molar-refractivity contribution in [3.63, 3.8) is 0 Å². The molecule has 0 radical (unpaired) electrons. The monoisotopic (exact) mass is 416 g/mol. The highest BCUT2D eigenvalue weighted by atomic mass is 35.5. The maximum atomic E-state index is 12.8. The van der Waals surface area contributed by atoms with Crippen LogP contribution in [0, 0.1) is 0 Å². The molecule has 136 valence electrons. The van der Waals surface area contributed by atoms with Crippen LogP contribution in [0.4, 0.5) is 4.79 Å². The van der Waals surface area contributed by atoms with Gasteiger partial charge in [0.1, 0.15) is 0 Å². The zero-order chi connectivity index (χ0) is 19.1. The molecule has 7 heteroatoms. The summed E-state index contributed by atoms with van der Waals surface area (Å²) in [7, 11) is 1.95. The standard InChI is InChI=1S/C20H14Cl2N2O2S/c1-23-10-13(15-4-2-3-5-17(15)23)8-18-19(25)24(20(26)27-18)11-12-6-7-14(21)9-16(12)22/h2-10H,11H2,1H3/b18-8+. The van der Waals surface area contributed by atoms with Gasteiger partial charge in [0.05, 0.1) is 11.4 Å². The van der Waals surface area contributed by atoms with E-state index in [0.717, 1.165) is 28.2 Å². The van der Waals surface area contributed by atoms with Gasteiger partial charge < -0.3 is 4.57 Å². The van der Waals surface area contributed by atoms with E-state index in [0.29, 0.717) is 20.5 Å². The predicted molar refractivity (Wildman–Crippen MR) is 111 cm³/mol. The minimum absolute atomic E-state index is 0.119. The summed E-state index contributed by atoms with van der Waals surface area (Å²) >= 11 is 13.0. The van der Waals surface area contributed by atoms with Gasteiger partial charge in [-0.3, -0.25) is 14.5 Å². The summed E-state index contributed by atoms with van der Waals surface area (Å²) in [6, 6.07) is 12.9. The van der Waals surface area contributed by atoms with Crippen molar-refractivity contribution in [3.8, 4) is 0 Å². The van der Waals surface area contributed by atoms with Crippen molar-refractivity contribution in [1.29, 1.82) is 0 Å². The average Bonchev–Trinajstić information content (AvgIpc) is 3.09. The molecule has 0 unspecified atom stereocenters. The van der Waals surface area contributed by atoms with E-state index < -0.39 is 0 Å². The number of thioether (sulfide) groups is 1. The molecule has 4 rings (SSSR count). The lowest BCUT2D eigenvalue weighted by atomic mass is 10.1. The van der Waals surface area contributed by atoms with E-state index >= 15 is 0 Å². The highest BCUT2D eigenvalue weighted by Gasteiger charge is 2.35. The molecular weight excluding hydrogens is 403 g/mol. The number of aryl methyl sites for hydroxylation is 1. The average molecular weight is 417 g/mol. The molecule has 0 N–H and O–H groups in total. The van der Waals surface area contributed by atoms with Gasteiger partial charge in [-0.2, -0.15) is 0 Å². The number of hydrogen-bond donors (Lipinski definition) is 0. The third-order valence-corrected chi connectivity index (χ3v) is 5.93. The Labute approximate surface area is 170 Å². The number of fused-ring (bicyclic) bond motifs is 1. The van der Waals surface area contributed by atoms with Crippen LogP contribution in [0.3, 0.4) is 0 Å². The quantitative estimate of drug-likeness (QED) is 0.512. The molecule has 4 nitrogen and oxygen atoms in total. The molecule has 0 bridgehead atoms. The van der Waals surface area contributed by atoms with Crippen molar-refractivity contribution in [3.05, 3.63) is 74.7 Å². The van der Waals surface area contributed by atoms with Gasteiger partial charge in [-0.1, -0.05) is 47.5 Å². The van der Waals surface area contributed by atoms with Crippen LogP contribution in [0.1, 0.15) is 11.1 Å². The largest absolute Gasteiger partial charge is 0.350 e. The normalized spacial score (nSPS) is 16.1. The lowest BCUT2D eigenvalue weighted by molar-refractivity contribution is -0.123. The second kappa shape index (κ2) is 7.08. The fourth-order valence-corrected chi connectivity index (χ4v) is 4.38. The van der Waals surface area contributed by atoms with Crippen molar-refractivity contribution in [2.75, 3.05) is 0 Å². The third-order valence-electron chi connectivity index (χ3n) is 4.43. The molecule has 1 aliphatic rings. The fourth-order valence-electron chi connectivity index (χ4n) is 3.09. The van der Waals surface area contributed by atoms with E-state index in [-0.39, 0.29) is 17.7 Å². The lowest BCUT2D eigenvalue weighted by Crippen LogP contribution is -2.27. The van der Waals surface area contributed by atoms with Crippen LogP contribution in [0.5, 0.6) is 0 Å². The molecule has 1 aliphatic heterocycles. The summed E-state index contributed by atoms with van der Waals surface area (Å²) in [6.07, 6.45) is 3.73. The van der Waals surface area contributed by atoms with Crippen LogP contribution in [0.25, 0.3) is 17.0 Å². The minimum Gasteiger partial charge on any atom is -0.350 e. The molecule has 1 fully saturated rings. The Morgan fingerprint density at radius 2 is 1.89 bits per heavy atom. The summed E-state index contributed by atoms with van der Waals surface area (Å²) in [5.74, 6) is -0.316. The summed E-state index contributed by atoms with van der Waals surface area (Å²) in [5, 5.41) is 1.67. The number of aromatic nitrogens is 1. The van der Waals surface area contributed by atoms with E-state index in [2.05, 4.69) is 0 Å². The molecule has 3 aromatic rings. The van der Waals surface area contributed by atoms with Crippen LogP contribution in [-0.4, -0.2) is 20.6 Å². The van der Waals surface area contributed by atoms with Crippen molar-refractivity contribution in [2.45, 2.75) is 6.54 Å². The van der Waals surface area contributed by atoms with Crippen LogP contribution in [0.15, 0.2) is 53.6 Å². The van der Waals surface area contributed by atoms with Crippen molar-refractivity contribution >= 4 is 63.1 Å². The highest BCUT2D eigenvalue weighted by molar-refractivity contribution is 8.18. The van der Waals surface area contributed by atoms with Crippen molar-refractivity contribution < 1.29 is 9.59 Å². The first kappa shape index (κ1) is 18.2. The Bertz CT molecular complexity index is 1120. The topological polar surface area (TPSA) is 42.3 Å². The Balaban J connectivity index is 1.65. The van der Waals surface area contributed by atoms with Crippen LogP contribution in [-0.2, 0) is 18.4 Å². The minimum atomic E-state index is -0.316. The summed E-state index contributed by atoms with van der Waals surface area (Å²) < 4.78 is 2.00. The van der Waals surface area contributed by atoms with Gasteiger partial charge in [-0.05, 0) is 41.6 Å². The molecule has 0 aliphatic carbocycles. The Hall–Kier alpha value is -2.21. The van der Waals surface area contributed by atoms with Gasteiger partial charge in [-0.25, -0.2) is 0 Å². The van der Waals surface area contributed by atoms with Crippen LogP contribution >= 0.6 is 35.0 Å². The van der Waals surface area contributed by atoms with E-state index in [1.165, 1.54) is 4.90 Å². The fraction of sp³-hybridized carbons (Fsp3) is 0.100. The molecular formula is C20H14Cl2N2O2S. The van der Waals surface area contributed by atoms with E-state index in [4.69, 9.17) is 23.2 Å². The second-order valence-electron chi connectivity index (χ2n) is 6.22. The smallest absolute Gasteiger partial charge is 0.293 e. The SMILES string of the molecule is Cn1cc(/C=C2/SC(=O)N(Cc3ccc(Cl)cc3Cl)C2=O)c2ccccc21. The van der Waals surface area contributed by atoms with Crippen molar-refractivity contribution in [1.82, 2.24) is 9.47 Å². The van der Waals surface area contributed by atoms with Gasteiger partial charge in [0, 0.05) is 39.8 Å². The third kappa shape index (κ3) is 3.38. The first-order chi connectivity index (χ1) is 12.9.